The van der Waals surface area contributed by atoms with Gasteiger partial charge in [-0.15, -0.1) is 5.10 Å². The predicted molar refractivity (Wildman–Crippen MR) is 124 cm³/mol. The largest absolute Gasteiger partial charge is 0.493 e. The second-order valence-corrected chi connectivity index (χ2v) is 7.33. The number of carbonyl (C=O) groups excluding carboxylic acids is 1. The van der Waals surface area contributed by atoms with E-state index in [0.29, 0.717) is 29.3 Å². The van der Waals surface area contributed by atoms with Gasteiger partial charge in [-0.25, -0.2) is 10.1 Å². The van der Waals surface area contributed by atoms with E-state index in [1.54, 1.807) is 25.3 Å². The molecule has 2 aromatic heterocycles. The summed E-state index contributed by atoms with van der Waals surface area (Å²) in [5.41, 5.74) is 9.57. The van der Waals surface area contributed by atoms with Gasteiger partial charge >= 0.3 is 0 Å². The van der Waals surface area contributed by atoms with Crippen molar-refractivity contribution >= 4 is 17.9 Å². The third-order valence-corrected chi connectivity index (χ3v) is 4.93. The zero-order chi connectivity index (χ0) is 24.5. The first-order valence-corrected chi connectivity index (χ1v) is 10.8. The van der Waals surface area contributed by atoms with E-state index in [9.17, 15) is 4.79 Å². The lowest BCUT2D eigenvalue weighted by Crippen LogP contribution is -2.28. The summed E-state index contributed by atoms with van der Waals surface area (Å²) in [6.45, 7) is 6.25. The number of amides is 1. The van der Waals surface area contributed by atoms with E-state index in [4.69, 9.17) is 19.8 Å². The van der Waals surface area contributed by atoms with E-state index in [1.165, 1.54) is 18.0 Å². The van der Waals surface area contributed by atoms with Crippen molar-refractivity contribution in [3.63, 3.8) is 0 Å². The van der Waals surface area contributed by atoms with Gasteiger partial charge in [-0.1, -0.05) is 25.1 Å². The lowest BCUT2D eigenvalue weighted by Gasteiger charge is -2.21. The highest BCUT2D eigenvalue weighted by Crippen LogP contribution is 2.29. The molecule has 13 heteroatoms. The van der Waals surface area contributed by atoms with Crippen LogP contribution in [0.25, 0.3) is 5.82 Å². The van der Waals surface area contributed by atoms with E-state index < -0.39 is 5.91 Å². The lowest BCUT2D eigenvalue weighted by molar-refractivity contribution is 0.0947. The minimum atomic E-state index is -0.540. The molecule has 0 atom stereocenters. The number of nitrogens with two attached hydrogens (primary N) is 1. The molecule has 2 heterocycles. The topological polar surface area (TPSA) is 159 Å². The summed E-state index contributed by atoms with van der Waals surface area (Å²) in [6, 6.07) is 5.34. The molecule has 0 unspecified atom stereocenters. The number of aromatic nitrogens is 5. The molecule has 3 N–H and O–H groups in total. The predicted octanol–water partition coefficient (Wildman–Crippen LogP) is 1.64. The van der Waals surface area contributed by atoms with Crippen LogP contribution in [0.4, 0.5) is 5.82 Å². The summed E-state index contributed by atoms with van der Waals surface area (Å²) in [7, 11) is 3.07. The third kappa shape index (κ3) is 5.49. The average Bonchev–Trinajstić information content (AvgIpc) is 3.44. The van der Waals surface area contributed by atoms with Crippen molar-refractivity contribution in [3.05, 3.63) is 35.2 Å². The molecule has 0 radical (unpaired) electrons. The van der Waals surface area contributed by atoms with Crippen LogP contribution in [0.5, 0.6) is 11.5 Å². The zero-order valence-corrected chi connectivity index (χ0v) is 19.7. The average molecular weight is 472 g/mol. The van der Waals surface area contributed by atoms with Crippen molar-refractivity contribution in [1.82, 2.24) is 35.6 Å². The van der Waals surface area contributed by atoms with Crippen LogP contribution in [0.1, 0.15) is 48.4 Å². The molecule has 182 valence electrons. The fraction of sp³-hybridized carbons (Fsp3) is 0.429. The van der Waals surface area contributed by atoms with Gasteiger partial charge in [0.15, 0.2) is 17.2 Å². The molecule has 3 rings (SSSR count). The van der Waals surface area contributed by atoms with E-state index in [0.717, 1.165) is 25.9 Å². The highest BCUT2D eigenvalue weighted by Gasteiger charge is 2.25. The Hall–Kier alpha value is -4.00. The van der Waals surface area contributed by atoms with Gasteiger partial charge in [0.2, 0.25) is 11.6 Å². The molecule has 0 aliphatic carbocycles. The van der Waals surface area contributed by atoms with Crippen molar-refractivity contribution in [3.8, 4) is 17.3 Å². The number of nitrogen functional groups attached to an aromatic ring is 1. The van der Waals surface area contributed by atoms with Gasteiger partial charge in [0.25, 0.3) is 5.91 Å². The number of carbonyl (C=O) groups is 1. The Balaban J connectivity index is 1.88. The van der Waals surface area contributed by atoms with Crippen LogP contribution in [-0.2, 0) is 6.54 Å². The van der Waals surface area contributed by atoms with Crippen molar-refractivity contribution in [2.75, 3.05) is 33.0 Å². The van der Waals surface area contributed by atoms with Gasteiger partial charge in [-0.3, -0.25) is 9.69 Å². The summed E-state index contributed by atoms with van der Waals surface area (Å²) in [4.78, 5) is 15.2. The number of benzene rings is 1. The summed E-state index contributed by atoms with van der Waals surface area (Å²) in [5.74, 6) is 0.715. The Labute approximate surface area is 196 Å². The van der Waals surface area contributed by atoms with E-state index >= 15 is 0 Å². The smallest absolute Gasteiger partial charge is 0.293 e. The molecular weight excluding hydrogens is 442 g/mol. The molecule has 0 aliphatic rings. The van der Waals surface area contributed by atoms with Gasteiger partial charge in [-0.2, -0.15) is 9.78 Å². The first-order valence-electron chi connectivity index (χ1n) is 10.8. The van der Waals surface area contributed by atoms with Crippen molar-refractivity contribution in [2.45, 2.75) is 33.2 Å². The number of ether oxygens (including phenoxy) is 2. The number of hydrogen-bond donors (Lipinski definition) is 2. The number of rotatable bonds is 12. The molecule has 0 aliphatic heterocycles. The van der Waals surface area contributed by atoms with Gasteiger partial charge in [-0.05, 0) is 48.4 Å². The van der Waals surface area contributed by atoms with Crippen LogP contribution in [0.15, 0.2) is 27.9 Å². The number of nitrogens with zero attached hydrogens (tertiary/aromatic N) is 7. The maximum Gasteiger partial charge on any atom is 0.293 e. The van der Waals surface area contributed by atoms with Gasteiger partial charge in [0.1, 0.15) is 0 Å². The fourth-order valence-corrected chi connectivity index (χ4v) is 3.47. The second-order valence-electron chi connectivity index (χ2n) is 7.33. The van der Waals surface area contributed by atoms with Crippen LogP contribution < -0.4 is 20.6 Å². The molecule has 1 amide bonds. The molecule has 0 bridgehead atoms. The Morgan fingerprint density at radius 2 is 2.00 bits per heavy atom. The minimum Gasteiger partial charge on any atom is -0.493 e. The monoisotopic (exact) mass is 471 g/mol. The SMILES string of the molecule is CCCN(CCC)Cc1c(C(=O)N/N=C\c2cccc(OC)c2OC)nnn1-c1nonc1N. The molecule has 3 aromatic rings. The van der Waals surface area contributed by atoms with Crippen LogP contribution in [0, 0.1) is 0 Å². The number of anilines is 1. The van der Waals surface area contributed by atoms with Crippen LogP contribution in [0.2, 0.25) is 0 Å². The summed E-state index contributed by atoms with van der Waals surface area (Å²) in [5, 5.41) is 19.6. The molecule has 0 fully saturated rings. The molecule has 13 nitrogen and oxygen atoms in total. The molecule has 1 aromatic carbocycles. The fourth-order valence-electron chi connectivity index (χ4n) is 3.47. The Morgan fingerprint density at radius 3 is 2.62 bits per heavy atom. The van der Waals surface area contributed by atoms with Crippen LogP contribution >= 0.6 is 0 Å². The Morgan fingerprint density at radius 1 is 1.24 bits per heavy atom. The standard InChI is InChI=1S/C21H29N9O4/c1-5-10-29(11-6-2)13-15-17(24-28-30(15)20-19(22)26-34-27-20)21(31)25-23-12-14-8-7-9-16(32-3)18(14)33-4/h7-9,12H,5-6,10-11,13H2,1-4H3,(H2,22,26)(H,25,31)/b23-12-. The van der Waals surface area contributed by atoms with Crippen molar-refractivity contribution in [2.24, 2.45) is 5.10 Å². The van der Waals surface area contributed by atoms with Crippen LogP contribution in [-0.4, -0.2) is 69.6 Å². The van der Waals surface area contributed by atoms with Crippen molar-refractivity contribution < 1.29 is 18.9 Å². The first-order chi connectivity index (χ1) is 16.5. The quantitative estimate of drug-likeness (QED) is 0.294. The number of para-hydroxylation sites is 1. The van der Waals surface area contributed by atoms with Crippen LogP contribution in [0.3, 0.4) is 0 Å². The van der Waals surface area contributed by atoms with Crippen molar-refractivity contribution in [1.29, 1.82) is 0 Å². The number of methoxy groups -OCH3 is 2. The number of nitrogens with one attached hydrogen (secondary N) is 1. The van der Waals surface area contributed by atoms with E-state index in [1.807, 2.05) is 0 Å². The highest BCUT2D eigenvalue weighted by atomic mass is 16.6. The maximum atomic E-state index is 13.0. The molecule has 34 heavy (non-hydrogen) atoms. The summed E-state index contributed by atoms with van der Waals surface area (Å²) < 4.78 is 16.7. The van der Waals surface area contributed by atoms with Gasteiger partial charge < -0.3 is 15.2 Å². The van der Waals surface area contributed by atoms with E-state index in [2.05, 4.69) is 49.9 Å². The Bertz CT molecular complexity index is 1120. The molecule has 0 saturated carbocycles. The summed E-state index contributed by atoms with van der Waals surface area (Å²) in [6.07, 6.45) is 3.36. The number of hydrazone groups is 1. The highest BCUT2D eigenvalue weighted by molar-refractivity contribution is 5.94. The third-order valence-electron chi connectivity index (χ3n) is 4.93. The number of hydrogen-bond acceptors (Lipinski definition) is 11. The molecule has 0 saturated heterocycles. The van der Waals surface area contributed by atoms with Gasteiger partial charge in [0.05, 0.1) is 26.1 Å². The zero-order valence-electron chi connectivity index (χ0n) is 19.7. The molecular formula is C21H29N9O4. The van der Waals surface area contributed by atoms with Gasteiger partial charge in [0, 0.05) is 12.1 Å². The first kappa shape index (κ1) is 24.6. The Kier molecular flexibility index (Phi) is 8.51. The summed E-state index contributed by atoms with van der Waals surface area (Å²) >= 11 is 0. The lowest BCUT2D eigenvalue weighted by atomic mass is 10.2. The minimum absolute atomic E-state index is 0.0405. The maximum absolute atomic E-state index is 13.0. The normalized spacial score (nSPS) is 11.3. The van der Waals surface area contributed by atoms with E-state index in [-0.39, 0.29) is 17.3 Å². The second kappa shape index (κ2) is 11.7. The molecule has 0 spiro atoms.